The number of halogens is 1. The number of thioether (sulfide) groups is 1. The second kappa shape index (κ2) is 5.67. The number of ether oxygens (including phenoxy) is 1. The monoisotopic (exact) mass is 229 g/mol. The minimum Gasteiger partial charge on any atom is -0.466 e. The molecule has 0 unspecified atom stereocenters. The highest BCUT2D eigenvalue weighted by atomic mass is 35.5. The van der Waals surface area contributed by atoms with Crippen molar-refractivity contribution in [3.63, 3.8) is 0 Å². The van der Waals surface area contributed by atoms with E-state index in [1.807, 2.05) is 0 Å². The Morgan fingerprint density at radius 2 is 2.43 bits per heavy atom. The average molecular weight is 230 g/mol. The first-order valence-electron chi connectivity index (χ1n) is 3.75. The summed E-state index contributed by atoms with van der Waals surface area (Å²) < 4.78 is 4.43. The van der Waals surface area contributed by atoms with Gasteiger partial charge in [0.25, 0.3) is 0 Å². The van der Waals surface area contributed by atoms with Crippen molar-refractivity contribution in [1.82, 2.24) is 4.98 Å². The molecule has 74 valence electrons. The molecular weight excluding hydrogens is 222 g/mol. The van der Waals surface area contributed by atoms with Crippen LogP contribution in [0.5, 0.6) is 0 Å². The van der Waals surface area contributed by atoms with Crippen LogP contribution in [0.4, 0.5) is 0 Å². The summed E-state index contributed by atoms with van der Waals surface area (Å²) in [6, 6.07) is 3.51. The summed E-state index contributed by atoms with van der Waals surface area (Å²) >= 11 is 6.98. The molecule has 1 aromatic rings. The smallest absolute Gasteiger partial charge is 0.330 e. The van der Waals surface area contributed by atoms with E-state index in [9.17, 15) is 4.79 Å². The lowest BCUT2D eigenvalue weighted by atomic mass is 10.5. The standard InChI is InChI=1S/C9H8ClNO2S/c1-13-9(12)4-5-14-8-3-2-7(10)6-11-8/h2-6H,1H3. The van der Waals surface area contributed by atoms with Crippen LogP contribution in [0.2, 0.25) is 5.02 Å². The fourth-order valence-electron chi connectivity index (χ4n) is 0.659. The van der Waals surface area contributed by atoms with Crippen LogP contribution in [0.15, 0.2) is 34.8 Å². The molecule has 0 saturated heterocycles. The summed E-state index contributed by atoms with van der Waals surface area (Å²) in [5.74, 6) is -0.383. The summed E-state index contributed by atoms with van der Waals surface area (Å²) in [6.07, 6.45) is 2.89. The highest BCUT2D eigenvalue weighted by Crippen LogP contribution is 2.17. The minimum absolute atomic E-state index is 0.383. The fraction of sp³-hybridized carbons (Fsp3) is 0.111. The largest absolute Gasteiger partial charge is 0.466 e. The molecule has 0 aliphatic carbocycles. The third-order valence-corrected chi connectivity index (χ3v) is 2.27. The SMILES string of the molecule is COC(=O)C=CSc1ccc(Cl)cn1. The maximum Gasteiger partial charge on any atom is 0.330 e. The van der Waals surface area contributed by atoms with Crippen LogP contribution in [0.3, 0.4) is 0 Å². The van der Waals surface area contributed by atoms with Crippen molar-refractivity contribution < 1.29 is 9.53 Å². The van der Waals surface area contributed by atoms with Crippen molar-refractivity contribution in [2.45, 2.75) is 5.03 Å². The summed E-state index contributed by atoms with van der Waals surface area (Å²) in [6.45, 7) is 0. The number of nitrogens with zero attached hydrogens (tertiary/aromatic N) is 1. The number of esters is 1. The van der Waals surface area contributed by atoms with E-state index in [0.29, 0.717) is 5.02 Å². The van der Waals surface area contributed by atoms with Gasteiger partial charge in [-0.2, -0.15) is 0 Å². The normalized spacial score (nSPS) is 10.4. The summed E-state index contributed by atoms with van der Waals surface area (Å²) in [5.41, 5.74) is 0. The number of hydrogen-bond acceptors (Lipinski definition) is 4. The number of aromatic nitrogens is 1. The summed E-state index contributed by atoms with van der Waals surface area (Å²) in [7, 11) is 1.33. The number of methoxy groups -OCH3 is 1. The molecule has 0 aromatic carbocycles. The molecule has 0 saturated carbocycles. The molecule has 0 aliphatic heterocycles. The number of hydrogen-bond donors (Lipinski definition) is 0. The van der Waals surface area contributed by atoms with E-state index in [0.717, 1.165) is 5.03 Å². The number of rotatable bonds is 3. The van der Waals surface area contributed by atoms with E-state index in [4.69, 9.17) is 11.6 Å². The van der Waals surface area contributed by atoms with Gasteiger partial charge in [0.2, 0.25) is 0 Å². The van der Waals surface area contributed by atoms with Gasteiger partial charge in [-0.05, 0) is 17.5 Å². The fourth-order valence-corrected chi connectivity index (χ4v) is 1.35. The van der Waals surface area contributed by atoms with Gasteiger partial charge in [-0.3, -0.25) is 0 Å². The van der Waals surface area contributed by atoms with E-state index in [-0.39, 0.29) is 5.97 Å². The lowest BCUT2D eigenvalue weighted by Crippen LogP contribution is -1.92. The molecule has 0 radical (unpaired) electrons. The van der Waals surface area contributed by atoms with E-state index < -0.39 is 0 Å². The quantitative estimate of drug-likeness (QED) is 0.454. The zero-order valence-corrected chi connectivity index (χ0v) is 9.01. The van der Waals surface area contributed by atoms with Crippen molar-refractivity contribution in [1.29, 1.82) is 0 Å². The molecule has 5 heteroatoms. The third kappa shape index (κ3) is 3.81. The van der Waals surface area contributed by atoms with E-state index >= 15 is 0 Å². The zero-order chi connectivity index (χ0) is 10.4. The van der Waals surface area contributed by atoms with Gasteiger partial charge in [-0.15, -0.1) is 0 Å². The van der Waals surface area contributed by atoms with Gasteiger partial charge in [0, 0.05) is 12.3 Å². The first-order valence-corrected chi connectivity index (χ1v) is 5.01. The van der Waals surface area contributed by atoms with Crippen LogP contribution in [0.1, 0.15) is 0 Å². The maximum atomic E-state index is 10.7. The Balaban J connectivity index is 2.49. The average Bonchev–Trinajstić information content (AvgIpc) is 2.21. The van der Waals surface area contributed by atoms with Gasteiger partial charge in [0.1, 0.15) is 5.03 Å². The summed E-state index contributed by atoms with van der Waals surface area (Å²) in [5, 5.41) is 2.98. The van der Waals surface area contributed by atoms with Gasteiger partial charge < -0.3 is 4.74 Å². The Morgan fingerprint density at radius 1 is 1.64 bits per heavy atom. The lowest BCUT2D eigenvalue weighted by molar-refractivity contribution is -0.134. The highest BCUT2D eigenvalue weighted by molar-refractivity contribution is 8.02. The number of carbonyl (C=O) groups excluding carboxylic acids is 1. The predicted octanol–water partition coefficient (Wildman–Crippen LogP) is 2.51. The molecule has 0 atom stereocenters. The summed E-state index contributed by atoms with van der Waals surface area (Å²) in [4.78, 5) is 14.7. The second-order valence-electron chi connectivity index (χ2n) is 2.26. The highest BCUT2D eigenvalue weighted by Gasteiger charge is 1.94. The van der Waals surface area contributed by atoms with Crippen molar-refractivity contribution in [3.8, 4) is 0 Å². The van der Waals surface area contributed by atoms with Gasteiger partial charge in [0.15, 0.2) is 0 Å². The molecule has 0 N–H and O–H groups in total. The van der Waals surface area contributed by atoms with Crippen LogP contribution in [0, 0.1) is 0 Å². The molecule has 3 nitrogen and oxygen atoms in total. The van der Waals surface area contributed by atoms with Crippen LogP contribution in [0.25, 0.3) is 0 Å². The number of pyridine rings is 1. The Bertz CT molecular complexity index is 337. The lowest BCUT2D eigenvalue weighted by Gasteiger charge is -1.94. The van der Waals surface area contributed by atoms with Gasteiger partial charge in [-0.1, -0.05) is 23.4 Å². The topological polar surface area (TPSA) is 39.2 Å². The van der Waals surface area contributed by atoms with Gasteiger partial charge in [-0.25, -0.2) is 9.78 Å². The van der Waals surface area contributed by atoms with Crippen molar-refractivity contribution in [3.05, 3.63) is 34.8 Å². The number of carbonyl (C=O) groups is 1. The van der Waals surface area contributed by atoms with E-state index in [1.54, 1.807) is 23.7 Å². The second-order valence-corrected chi connectivity index (χ2v) is 3.62. The molecule has 1 aromatic heterocycles. The molecule has 1 rings (SSSR count). The first-order chi connectivity index (χ1) is 6.72. The Morgan fingerprint density at radius 3 is 3.00 bits per heavy atom. The van der Waals surface area contributed by atoms with Gasteiger partial charge in [0.05, 0.1) is 12.1 Å². The van der Waals surface area contributed by atoms with Crippen LogP contribution < -0.4 is 0 Å². The van der Waals surface area contributed by atoms with Gasteiger partial charge >= 0.3 is 5.97 Å². The first kappa shape index (κ1) is 11.1. The Labute approximate surface area is 91.1 Å². The van der Waals surface area contributed by atoms with Crippen LogP contribution in [-0.2, 0) is 9.53 Å². The van der Waals surface area contributed by atoms with E-state index in [2.05, 4.69) is 9.72 Å². The molecule has 0 amide bonds. The maximum absolute atomic E-state index is 10.7. The Hall–Kier alpha value is -1.00. The molecule has 0 aliphatic rings. The van der Waals surface area contributed by atoms with Crippen LogP contribution in [-0.4, -0.2) is 18.1 Å². The molecule has 0 spiro atoms. The van der Waals surface area contributed by atoms with E-state index in [1.165, 1.54) is 24.9 Å². The predicted molar refractivity (Wildman–Crippen MR) is 56.3 cm³/mol. The minimum atomic E-state index is -0.383. The van der Waals surface area contributed by atoms with Crippen molar-refractivity contribution in [2.24, 2.45) is 0 Å². The zero-order valence-electron chi connectivity index (χ0n) is 7.44. The van der Waals surface area contributed by atoms with Crippen LogP contribution >= 0.6 is 23.4 Å². The third-order valence-electron chi connectivity index (χ3n) is 1.29. The van der Waals surface area contributed by atoms with Crippen molar-refractivity contribution in [2.75, 3.05) is 7.11 Å². The molecular formula is C9H8ClNO2S. The molecule has 0 fully saturated rings. The van der Waals surface area contributed by atoms with Crippen molar-refractivity contribution >= 4 is 29.3 Å². The Kier molecular flexibility index (Phi) is 4.49. The molecule has 1 heterocycles. The molecule has 0 bridgehead atoms. The molecule has 14 heavy (non-hydrogen) atoms.